The lowest BCUT2D eigenvalue weighted by atomic mass is 10.2. The van der Waals surface area contributed by atoms with Crippen molar-refractivity contribution < 1.29 is 0 Å². The second-order valence-corrected chi connectivity index (χ2v) is 5.44. The van der Waals surface area contributed by atoms with Crippen molar-refractivity contribution in [2.45, 2.75) is 40.7 Å². The molecule has 1 aromatic heterocycles. The first-order valence-electron chi connectivity index (χ1n) is 6.48. The van der Waals surface area contributed by atoms with Crippen molar-refractivity contribution in [2.24, 2.45) is 5.92 Å². The Morgan fingerprint density at radius 2 is 2.00 bits per heavy atom. The summed E-state index contributed by atoms with van der Waals surface area (Å²) < 4.78 is 0. The molecule has 0 fully saturated rings. The molecular weight excluding hydrogens is 248 g/mol. The lowest BCUT2D eigenvalue weighted by molar-refractivity contribution is 0.566. The lowest BCUT2D eigenvalue weighted by Crippen LogP contribution is -2.35. The molecule has 0 spiro atoms. The van der Waals surface area contributed by atoms with Gasteiger partial charge in [0.05, 0.1) is 6.20 Å². The number of rotatable bonds is 6. The van der Waals surface area contributed by atoms with E-state index in [4.69, 9.17) is 11.6 Å². The second-order valence-electron chi connectivity index (χ2n) is 5.04. The van der Waals surface area contributed by atoms with Crippen molar-refractivity contribution in [1.82, 2.24) is 9.97 Å². The molecular formula is C13H23ClN4. The van der Waals surface area contributed by atoms with Crippen molar-refractivity contribution in [3.05, 3.63) is 11.2 Å². The van der Waals surface area contributed by atoms with Crippen molar-refractivity contribution in [3.63, 3.8) is 0 Å². The minimum Gasteiger partial charge on any atom is -0.354 e. The minimum absolute atomic E-state index is 0.356. The van der Waals surface area contributed by atoms with E-state index in [0.717, 1.165) is 18.9 Å². The maximum Gasteiger partial charge on any atom is 0.224 e. The molecule has 0 aliphatic rings. The summed E-state index contributed by atoms with van der Waals surface area (Å²) in [5.41, 5.74) is 0. The van der Waals surface area contributed by atoms with E-state index in [1.54, 1.807) is 6.20 Å². The van der Waals surface area contributed by atoms with Crippen molar-refractivity contribution >= 4 is 23.4 Å². The van der Waals surface area contributed by atoms with Crippen LogP contribution in [0.2, 0.25) is 5.02 Å². The molecule has 1 aromatic rings. The first-order valence-corrected chi connectivity index (χ1v) is 6.86. The molecule has 1 heterocycles. The summed E-state index contributed by atoms with van der Waals surface area (Å²) in [7, 11) is 0. The molecule has 5 heteroatoms. The van der Waals surface area contributed by atoms with E-state index in [2.05, 4.69) is 47.9 Å². The summed E-state index contributed by atoms with van der Waals surface area (Å²) in [6.45, 7) is 12.4. The van der Waals surface area contributed by atoms with Crippen LogP contribution in [0.25, 0.3) is 0 Å². The van der Waals surface area contributed by atoms with Crippen LogP contribution in [0.3, 0.4) is 0 Å². The highest BCUT2D eigenvalue weighted by atomic mass is 35.5. The average Bonchev–Trinajstić information content (AvgIpc) is 2.28. The molecule has 0 saturated heterocycles. The number of nitrogens with one attached hydrogen (secondary N) is 1. The van der Waals surface area contributed by atoms with Crippen LogP contribution in [0.15, 0.2) is 6.20 Å². The van der Waals surface area contributed by atoms with E-state index in [-0.39, 0.29) is 0 Å². The number of halogens is 1. The number of nitrogens with zero attached hydrogens (tertiary/aromatic N) is 3. The van der Waals surface area contributed by atoms with Crippen LogP contribution < -0.4 is 10.2 Å². The summed E-state index contributed by atoms with van der Waals surface area (Å²) >= 11 is 6.22. The number of hydrogen-bond donors (Lipinski definition) is 1. The largest absolute Gasteiger partial charge is 0.354 e. The van der Waals surface area contributed by atoms with Gasteiger partial charge in [0.15, 0.2) is 5.82 Å². The molecule has 0 aliphatic carbocycles. The molecule has 102 valence electrons. The van der Waals surface area contributed by atoms with Gasteiger partial charge in [-0.1, -0.05) is 25.4 Å². The Kier molecular flexibility index (Phi) is 5.66. The van der Waals surface area contributed by atoms with Crippen molar-refractivity contribution in [3.8, 4) is 0 Å². The number of aromatic nitrogens is 2. The van der Waals surface area contributed by atoms with E-state index in [0.29, 0.717) is 22.9 Å². The van der Waals surface area contributed by atoms with Crippen LogP contribution in [0.1, 0.15) is 34.6 Å². The molecule has 1 N–H and O–H groups in total. The van der Waals surface area contributed by atoms with Gasteiger partial charge < -0.3 is 10.2 Å². The minimum atomic E-state index is 0.356. The quantitative estimate of drug-likeness (QED) is 0.860. The van der Waals surface area contributed by atoms with E-state index in [9.17, 15) is 0 Å². The van der Waals surface area contributed by atoms with Gasteiger partial charge in [-0.3, -0.25) is 0 Å². The third-order valence-electron chi connectivity index (χ3n) is 2.52. The first-order chi connectivity index (χ1) is 8.45. The molecule has 0 bridgehead atoms. The smallest absolute Gasteiger partial charge is 0.224 e. The third kappa shape index (κ3) is 4.02. The van der Waals surface area contributed by atoms with E-state index in [1.165, 1.54) is 0 Å². The Morgan fingerprint density at radius 3 is 2.50 bits per heavy atom. The molecule has 4 nitrogen and oxygen atoms in total. The van der Waals surface area contributed by atoms with Gasteiger partial charge in [0.1, 0.15) is 5.02 Å². The van der Waals surface area contributed by atoms with Gasteiger partial charge in [0.25, 0.3) is 0 Å². The second kappa shape index (κ2) is 6.78. The zero-order chi connectivity index (χ0) is 13.7. The predicted molar refractivity (Wildman–Crippen MR) is 78.5 cm³/mol. The standard InChI is InChI=1S/C13H23ClN4/c1-6-15-13-16-7-11(14)12(17-13)18(10(4)5)8-9(2)3/h7,9-10H,6,8H2,1-5H3,(H,15,16,17). The topological polar surface area (TPSA) is 41.1 Å². The van der Waals surface area contributed by atoms with Crippen LogP contribution in [0, 0.1) is 5.92 Å². The number of hydrogen-bond acceptors (Lipinski definition) is 4. The normalized spacial score (nSPS) is 11.1. The van der Waals surface area contributed by atoms with Crippen LogP contribution in [0.4, 0.5) is 11.8 Å². The van der Waals surface area contributed by atoms with E-state index in [1.807, 2.05) is 6.92 Å². The van der Waals surface area contributed by atoms with Crippen LogP contribution in [0.5, 0.6) is 0 Å². The number of anilines is 2. The molecule has 0 radical (unpaired) electrons. The Morgan fingerprint density at radius 1 is 1.33 bits per heavy atom. The highest BCUT2D eigenvalue weighted by Crippen LogP contribution is 2.26. The summed E-state index contributed by atoms with van der Waals surface area (Å²) in [5.74, 6) is 2.00. The van der Waals surface area contributed by atoms with Crippen LogP contribution in [-0.2, 0) is 0 Å². The predicted octanol–water partition coefficient (Wildman–Crippen LogP) is 3.43. The van der Waals surface area contributed by atoms with Gasteiger partial charge in [-0.2, -0.15) is 4.98 Å². The van der Waals surface area contributed by atoms with Crippen molar-refractivity contribution in [1.29, 1.82) is 0 Å². The maximum atomic E-state index is 6.22. The molecule has 0 atom stereocenters. The highest BCUT2D eigenvalue weighted by molar-refractivity contribution is 6.32. The Bertz CT molecular complexity index is 379. The molecule has 0 saturated carbocycles. The fraction of sp³-hybridized carbons (Fsp3) is 0.692. The Hall–Kier alpha value is -1.03. The van der Waals surface area contributed by atoms with Gasteiger partial charge in [-0.15, -0.1) is 0 Å². The third-order valence-corrected chi connectivity index (χ3v) is 2.78. The fourth-order valence-electron chi connectivity index (χ4n) is 1.74. The molecule has 1 rings (SSSR count). The van der Waals surface area contributed by atoms with Gasteiger partial charge in [-0.05, 0) is 26.7 Å². The SMILES string of the molecule is CCNc1ncc(Cl)c(N(CC(C)C)C(C)C)n1. The molecule has 0 aromatic carbocycles. The summed E-state index contributed by atoms with van der Waals surface area (Å²) in [6, 6.07) is 0.356. The zero-order valence-corrected chi connectivity index (χ0v) is 12.6. The molecule has 0 aliphatic heterocycles. The average molecular weight is 271 g/mol. The Labute approximate surface area is 115 Å². The van der Waals surface area contributed by atoms with Crippen LogP contribution >= 0.6 is 11.6 Å². The summed E-state index contributed by atoms with van der Waals surface area (Å²) in [6.07, 6.45) is 1.66. The molecule has 0 amide bonds. The van der Waals surface area contributed by atoms with Gasteiger partial charge >= 0.3 is 0 Å². The van der Waals surface area contributed by atoms with Gasteiger partial charge in [-0.25, -0.2) is 4.98 Å². The Balaban J connectivity index is 3.05. The van der Waals surface area contributed by atoms with E-state index >= 15 is 0 Å². The monoisotopic (exact) mass is 270 g/mol. The maximum absolute atomic E-state index is 6.22. The zero-order valence-electron chi connectivity index (χ0n) is 11.9. The van der Waals surface area contributed by atoms with Gasteiger partial charge in [0, 0.05) is 19.1 Å². The van der Waals surface area contributed by atoms with Crippen LogP contribution in [-0.4, -0.2) is 29.1 Å². The summed E-state index contributed by atoms with van der Waals surface area (Å²) in [5, 5.41) is 3.72. The fourth-order valence-corrected chi connectivity index (χ4v) is 1.94. The highest BCUT2D eigenvalue weighted by Gasteiger charge is 2.17. The summed E-state index contributed by atoms with van der Waals surface area (Å²) in [4.78, 5) is 10.9. The molecule has 0 unspecified atom stereocenters. The van der Waals surface area contributed by atoms with Crippen molar-refractivity contribution in [2.75, 3.05) is 23.3 Å². The molecule has 18 heavy (non-hydrogen) atoms. The van der Waals surface area contributed by atoms with Gasteiger partial charge in [0.2, 0.25) is 5.95 Å². The van der Waals surface area contributed by atoms with E-state index < -0.39 is 0 Å². The lowest BCUT2D eigenvalue weighted by Gasteiger charge is -2.30. The first kappa shape index (κ1) is 15.0.